The maximum Gasteiger partial charge on any atom is 0.335 e. The standard InChI is InChI=1S/C15H22N2O3/c1-4-15(5-2,6-3)17-14(20)16-12-9-7-8-11(10-12)13(18)19/h7-10H,4-6H2,1-3H3,(H,18,19)(H2,16,17,20). The van der Waals surface area contributed by atoms with Crippen LogP contribution in [0, 0.1) is 0 Å². The van der Waals surface area contributed by atoms with Crippen LogP contribution >= 0.6 is 0 Å². The first kappa shape index (κ1) is 16.0. The van der Waals surface area contributed by atoms with Crippen molar-refractivity contribution < 1.29 is 14.7 Å². The van der Waals surface area contributed by atoms with Gasteiger partial charge >= 0.3 is 12.0 Å². The van der Waals surface area contributed by atoms with Crippen LogP contribution < -0.4 is 10.6 Å². The fourth-order valence-electron chi connectivity index (χ4n) is 2.15. The topological polar surface area (TPSA) is 78.4 Å². The minimum Gasteiger partial charge on any atom is -0.478 e. The van der Waals surface area contributed by atoms with E-state index in [1.807, 2.05) is 20.8 Å². The summed E-state index contributed by atoms with van der Waals surface area (Å²) in [6.07, 6.45) is 2.55. The average Bonchev–Trinajstić information content (AvgIpc) is 2.45. The molecular formula is C15H22N2O3. The van der Waals surface area contributed by atoms with Crippen LogP contribution in [0.5, 0.6) is 0 Å². The highest BCUT2D eigenvalue weighted by Gasteiger charge is 2.25. The molecule has 0 unspecified atom stereocenters. The van der Waals surface area contributed by atoms with Gasteiger partial charge in [0.05, 0.1) is 5.56 Å². The van der Waals surface area contributed by atoms with E-state index in [1.165, 1.54) is 12.1 Å². The Morgan fingerprint density at radius 2 is 1.75 bits per heavy atom. The first-order valence-electron chi connectivity index (χ1n) is 6.89. The Morgan fingerprint density at radius 1 is 1.15 bits per heavy atom. The molecule has 0 aliphatic rings. The van der Waals surface area contributed by atoms with Crippen molar-refractivity contribution in [1.29, 1.82) is 0 Å². The Hall–Kier alpha value is -2.04. The van der Waals surface area contributed by atoms with Gasteiger partial charge in [-0.2, -0.15) is 0 Å². The number of nitrogens with one attached hydrogen (secondary N) is 2. The molecule has 0 aliphatic heterocycles. The molecule has 0 aliphatic carbocycles. The molecule has 0 aromatic heterocycles. The van der Waals surface area contributed by atoms with Gasteiger partial charge in [0, 0.05) is 11.2 Å². The molecule has 0 spiro atoms. The van der Waals surface area contributed by atoms with Gasteiger partial charge in [-0.05, 0) is 37.5 Å². The summed E-state index contributed by atoms with van der Waals surface area (Å²) in [6, 6.07) is 5.88. The highest BCUT2D eigenvalue weighted by molar-refractivity contribution is 5.93. The molecule has 1 aromatic rings. The molecule has 2 amide bonds. The summed E-state index contributed by atoms with van der Waals surface area (Å²) < 4.78 is 0. The highest BCUT2D eigenvalue weighted by atomic mass is 16.4. The van der Waals surface area contributed by atoms with Gasteiger partial charge in [-0.15, -0.1) is 0 Å². The molecule has 1 rings (SSSR count). The molecule has 3 N–H and O–H groups in total. The van der Waals surface area contributed by atoms with Gasteiger partial charge in [0.25, 0.3) is 0 Å². The van der Waals surface area contributed by atoms with Crippen LogP contribution in [0.4, 0.5) is 10.5 Å². The van der Waals surface area contributed by atoms with Gasteiger partial charge in [-0.1, -0.05) is 26.8 Å². The molecule has 20 heavy (non-hydrogen) atoms. The number of carbonyl (C=O) groups excluding carboxylic acids is 1. The first-order chi connectivity index (χ1) is 9.46. The fourth-order valence-corrected chi connectivity index (χ4v) is 2.15. The molecule has 0 saturated carbocycles. The number of anilines is 1. The molecule has 0 radical (unpaired) electrons. The molecule has 0 atom stereocenters. The second-order valence-electron chi connectivity index (χ2n) is 4.81. The molecule has 5 heteroatoms. The number of carboxylic acid groups (broad SMARTS) is 1. The van der Waals surface area contributed by atoms with Gasteiger partial charge in [0.15, 0.2) is 0 Å². The van der Waals surface area contributed by atoms with Crippen LogP contribution in [0.2, 0.25) is 0 Å². The van der Waals surface area contributed by atoms with E-state index < -0.39 is 5.97 Å². The Morgan fingerprint density at radius 3 is 2.25 bits per heavy atom. The van der Waals surface area contributed by atoms with Crippen LogP contribution in [0.25, 0.3) is 0 Å². The largest absolute Gasteiger partial charge is 0.478 e. The number of urea groups is 1. The first-order valence-corrected chi connectivity index (χ1v) is 6.89. The van der Waals surface area contributed by atoms with Crippen molar-refractivity contribution >= 4 is 17.7 Å². The predicted molar refractivity (Wildman–Crippen MR) is 79.2 cm³/mol. The van der Waals surface area contributed by atoms with Gasteiger partial charge in [-0.3, -0.25) is 0 Å². The second kappa shape index (κ2) is 6.93. The number of hydrogen-bond donors (Lipinski definition) is 3. The molecule has 0 saturated heterocycles. The van der Waals surface area contributed by atoms with Gasteiger partial charge < -0.3 is 15.7 Å². The maximum atomic E-state index is 12.0. The van der Waals surface area contributed by atoms with E-state index in [9.17, 15) is 9.59 Å². The third-order valence-electron chi connectivity index (χ3n) is 3.78. The normalized spacial score (nSPS) is 10.9. The molecular weight excluding hydrogens is 256 g/mol. The van der Waals surface area contributed by atoms with Crippen molar-refractivity contribution in [3.8, 4) is 0 Å². The number of aromatic carboxylic acids is 1. The van der Waals surface area contributed by atoms with Crippen molar-refractivity contribution in [2.45, 2.75) is 45.6 Å². The average molecular weight is 278 g/mol. The van der Waals surface area contributed by atoms with E-state index in [2.05, 4.69) is 10.6 Å². The molecule has 1 aromatic carbocycles. The van der Waals surface area contributed by atoms with Crippen molar-refractivity contribution in [3.05, 3.63) is 29.8 Å². The summed E-state index contributed by atoms with van der Waals surface area (Å²) in [5.41, 5.74) is 0.407. The van der Waals surface area contributed by atoms with Gasteiger partial charge in [0.2, 0.25) is 0 Å². The van der Waals surface area contributed by atoms with Crippen LogP contribution in [-0.4, -0.2) is 22.6 Å². The predicted octanol–water partition coefficient (Wildman–Crippen LogP) is 3.48. The number of benzene rings is 1. The number of rotatable bonds is 6. The Labute approximate surface area is 119 Å². The van der Waals surface area contributed by atoms with Crippen LogP contribution in [0.15, 0.2) is 24.3 Å². The second-order valence-corrected chi connectivity index (χ2v) is 4.81. The quantitative estimate of drug-likeness (QED) is 0.745. The summed E-state index contributed by atoms with van der Waals surface area (Å²) in [7, 11) is 0. The van der Waals surface area contributed by atoms with Crippen molar-refractivity contribution in [2.75, 3.05) is 5.32 Å². The lowest BCUT2D eigenvalue weighted by Gasteiger charge is -2.31. The van der Waals surface area contributed by atoms with Gasteiger partial charge in [-0.25, -0.2) is 9.59 Å². The molecule has 5 nitrogen and oxygen atoms in total. The monoisotopic (exact) mass is 278 g/mol. The highest BCUT2D eigenvalue weighted by Crippen LogP contribution is 2.19. The van der Waals surface area contributed by atoms with E-state index in [4.69, 9.17) is 5.11 Å². The Balaban J connectivity index is 2.76. The van der Waals surface area contributed by atoms with E-state index >= 15 is 0 Å². The number of carbonyl (C=O) groups is 2. The summed E-state index contributed by atoms with van der Waals surface area (Å²) in [4.78, 5) is 22.9. The summed E-state index contributed by atoms with van der Waals surface area (Å²) in [5.74, 6) is -1.01. The Bertz CT molecular complexity index is 473. The fraction of sp³-hybridized carbons (Fsp3) is 0.467. The van der Waals surface area contributed by atoms with Crippen molar-refractivity contribution in [2.24, 2.45) is 0 Å². The zero-order valence-electron chi connectivity index (χ0n) is 12.2. The van der Waals surface area contributed by atoms with E-state index in [-0.39, 0.29) is 17.1 Å². The summed E-state index contributed by atoms with van der Waals surface area (Å²) in [6.45, 7) is 6.12. The van der Waals surface area contributed by atoms with E-state index in [0.717, 1.165) is 19.3 Å². The Kier molecular flexibility index (Phi) is 5.55. The van der Waals surface area contributed by atoms with E-state index in [0.29, 0.717) is 5.69 Å². The molecule has 110 valence electrons. The van der Waals surface area contributed by atoms with Crippen molar-refractivity contribution in [1.82, 2.24) is 5.32 Å². The zero-order chi connectivity index (χ0) is 15.2. The maximum absolute atomic E-state index is 12.0. The summed E-state index contributed by atoms with van der Waals surface area (Å²) in [5, 5.41) is 14.6. The summed E-state index contributed by atoms with van der Waals surface area (Å²) >= 11 is 0. The smallest absolute Gasteiger partial charge is 0.335 e. The lowest BCUT2D eigenvalue weighted by atomic mass is 9.90. The SMILES string of the molecule is CCC(CC)(CC)NC(=O)Nc1cccc(C(=O)O)c1. The van der Waals surface area contributed by atoms with Crippen molar-refractivity contribution in [3.63, 3.8) is 0 Å². The zero-order valence-corrected chi connectivity index (χ0v) is 12.2. The van der Waals surface area contributed by atoms with Crippen LogP contribution in [-0.2, 0) is 0 Å². The lowest BCUT2D eigenvalue weighted by Crippen LogP contribution is -2.48. The minimum atomic E-state index is -1.01. The lowest BCUT2D eigenvalue weighted by molar-refractivity contribution is 0.0697. The van der Waals surface area contributed by atoms with E-state index in [1.54, 1.807) is 12.1 Å². The number of amides is 2. The van der Waals surface area contributed by atoms with Crippen LogP contribution in [0.1, 0.15) is 50.4 Å². The minimum absolute atomic E-state index is 0.149. The van der Waals surface area contributed by atoms with Gasteiger partial charge in [0.1, 0.15) is 0 Å². The third-order valence-corrected chi connectivity index (χ3v) is 3.78. The third kappa shape index (κ3) is 3.98. The van der Waals surface area contributed by atoms with Crippen LogP contribution in [0.3, 0.4) is 0 Å². The molecule has 0 heterocycles. The molecule has 0 fully saturated rings. The number of carboxylic acids is 1. The number of hydrogen-bond acceptors (Lipinski definition) is 2. The molecule has 0 bridgehead atoms.